The molecule has 3 aromatic rings. The first-order valence-electron chi connectivity index (χ1n) is 8.25. The molecule has 1 aliphatic carbocycles. The van der Waals surface area contributed by atoms with Gasteiger partial charge < -0.3 is 0 Å². The summed E-state index contributed by atoms with van der Waals surface area (Å²) in [6, 6.07) is 22.3. The summed E-state index contributed by atoms with van der Waals surface area (Å²) in [4.78, 5) is 0. The van der Waals surface area contributed by atoms with Crippen molar-refractivity contribution in [1.29, 1.82) is 0 Å². The van der Waals surface area contributed by atoms with E-state index < -0.39 is 21.8 Å². The van der Waals surface area contributed by atoms with E-state index in [2.05, 4.69) is 82.9 Å². The molecule has 0 saturated heterocycles. The van der Waals surface area contributed by atoms with Crippen molar-refractivity contribution in [2.24, 2.45) is 0 Å². The van der Waals surface area contributed by atoms with Gasteiger partial charge in [-0.15, -0.1) is 0 Å². The van der Waals surface area contributed by atoms with E-state index in [1.165, 1.54) is 27.5 Å². The van der Waals surface area contributed by atoms with Crippen molar-refractivity contribution in [2.75, 3.05) is 0 Å². The van der Waals surface area contributed by atoms with Crippen LogP contribution in [0.4, 0.5) is 0 Å². The van der Waals surface area contributed by atoms with Crippen LogP contribution in [0.5, 0.6) is 0 Å². The number of hydrogen-bond acceptors (Lipinski definition) is 0. The third-order valence-electron chi connectivity index (χ3n) is 4.92. The quantitative estimate of drug-likeness (QED) is 0.468. The molecule has 0 aromatic heterocycles. The van der Waals surface area contributed by atoms with Crippen molar-refractivity contribution in [3.8, 4) is 11.1 Å². The van der Waals surface area contributed by atoms with Crippen molar-refractivity contribution in [2.45, 2.75) is 19.8 Å². The zero-order valence-corrected chi connectivity index (χ0v) is 16.4. The predicted molar refractivity (Wildman–Crippen MR) is 97.5 cm³/mol. The Morgan fingerprint density at radius 1 is 0.826 bits per heavy atom. The number of allylic oxidation sites excluding steroid dienone is 1. The molecule has 113 valence electrons. The van der Waals surface area contributed by atoms with Gasteiger partial charge in [-0.3, -0.25) is 0 Å². The Kier molecular flexibility index (Phi) is 3.86. The third kappa shape index (κ3) is 2.56. The maximum atomic E-state index is 2.52. The average Bonchev–Trinajstić information content (AvgIpc) is 2.90. The summed E-state index contributed by atoms with van der Waals surface area (Å²) in [7, 11) is 0. The molecule has 1 heteroatoms. The molecule has 0 heterocycles. The first-order valence-corrected chi connectivity index (χ1v) is 14.6. The molecule has 1 aliphatic rings. The van der Waals surface area contributed by atoms with Gasteiger partial charge >= 0.3 is 147 Å². The van der Waals surface area contributed by atoms with Gasteiger partial charge in [-0.25, -0.2) is 0 Å². The van der Waals surface area contributed by atoms with Crippen molar-refractivity contribution in [1.82, 2.24) is 0 Å². The van der Waals surface area contributed by atoms with Crippen LogP contribution in [0.25, 0.3) is 28.0 Å². The summed E-state index contributed by atoms with van der Waals surface area (Å²) >= 11 is -1.31. The summed E-state index contributed by atoms with van der Waals surface area (Å²) in [5.74, 6) is 0. The SMILES string of the molecule is CC1=Cc2c(-c3ccc4ccccc4c3)cccc2[CH]1[Zr]([CH3])[CH3]. The fraction of sp³-hybridized carbons (Fsp3) is 0.182. The van der Waals surface area contributed by atoms with Gasteiger partial charge in [0.05, 0.1) is 0 Å². The Labute approximate surface area is 146 Å². The van der Waals surface area contributed by atoms with Crippen LogP contribution in [0, 0.1) is 0 Å². The van der Waals surface area contributed by atoms with Gasteiger partial charge in [0.25, 0.3) is 0 Å². The van der Waals surface area contributed by atoms with Gasteiger partial charge in [0, 0.05) is 0 Å². The minimum absolute atomic E-state index is 0.757. The van der Waals surface area contributed by atoms with E-state index in [4.69, 9.17) is 0 Å². The molecule has 0 nitrogen and oxygen atoms in total. The van der Waals surface area contributed by atoms with Crippen molar-refractivity contribution in [3.63, 3.8) is 0 Å². The molecule has 0 saturated carbocycles. The fourth-order valence-electron chi connectivity index (χ4n) is 3.93. The summed E-state index contributed by atoms with van der Waals surface area (Å²) in [6.07, 6.45) is 2.44. The molecule has 0 amide bonds. The topological polar surface area (TPSA) is 0 Å². The Hall–Kier alpha value is -1.46. The average molecular weight is 377 g/mol. The van der Waals surface area contributed by atoms with Gasteiger partial charge in [0.15, 0.2) is 0 Å². The van der Waals surface area contributed by atoms with Crippen LogP contribution in [0.15, 0.2) is 66.2 Å². The summed E-state index contributed by atoms with van der Waals surface area (Å²) in [5.41, 5.74) is 7.34. The van der Waals surface area contributed by atoms with Gasteiger partial charge in [-0.05, 0) is 0 Å². The molecule has 23 heavy (non-hydrogen) atoms. The molecular formula is C22H21Zr. The second-order valence-corrected chi connectivity index (χ2v) is 13.5. The number of rotatable bonds is 2. The van der Waals surface area contributed by atoms with E-state index in [0.29, 0.717) is 0 Å². The summed E-state index contributed by atoms with van der Waals surface area (Å²) in [5, 5.41) is 2.63. The molecule has 1 atom stereocenters. The third-order valence-corrected chi connectivity index (χ3v) is 9.64. The maximum absolute atomic E-state index is 2.52. The molecule has 0 radical (unpaired) electrons. The van der Waals surface area contributed by atoms with Crippen LogP contribution in [-0.2, 0) is 21.8 Å². The van der Waals surface area contributed by atoms with Gasteiger partial charge in [0.1, 0.15) is 0 Å². The first-order chi connectivity index (χ1) is 11.1. The van der Waals surface area contributed by atoms with E-state index in [9.17, 15) is 0 Å². The number of benzene rings is 3. The van der Waals surface area contributed by atoms with E-state index >= 15 is 0 Å². The number of hydrogen-bond donors (Lipinski definition) is 0. The molecular weight excluding hydrogens is 355 g/mol. The van der Waals surface area contributed by atoms with Crippen molar-refractivity contribution >= 4 is 16.8 Å². The van der Waals surface area contributed by atoms with E-state index in [1.807, 2.05) is 0 Å². The molecule has 0 spiro atoms. The molecule has 3 aromatic carbocycles. The van der Waals surface area contributed by atoms with Crippen LogP contribution < -0.4 is 0 Å². The van der Waals surface area contributed by atoms with Crippen molar-refractivity contribution < 1.29 is 21.8 Å². The molecule has 0 aliphatic heterocycles. The van der Waals surface area contributed by atoms with E-state index in [0.717, 1.165) is 3.63 Å². The van der Waals surface area contributed by atoms with Crippen LogP contribution in [0.1, 0.15) is 21.7 Å². The standard InChI is InChI=1S/C20H15.2CH3.Zr/c1-14-11-17-7-4-8-19(20(17)12-14)18-10-9-15-5-2-3-6-16(15)13-18;;;/h2-13H,1H3;2*1H3;. The molecule has 1 unspecified atom stereocenters. The molecule has 0 N–H and O–H groups in total. The number of fused-ring (bicyclic) bond motifs is 2. The minimum atomic E-state index is -1.31. The molecule has 4 rings (SSSR count). The fourth-order valence-corrected chi connectivity index (χ4v) is 8.52. The van der Waals surface area contributed by atoms with Gasteiger partial charge in [-0.1, -0.05) is 0 Å². The van der Waals surface area contributed by atoms with Crippen LogP contribution in [-0.4, -0.2) is 0 Å². The first kappa shape index (κ1) is 15.1. The Morgan fingerprint density at radius 2 is 1.61 bits per heavy atom. The molecule has 0 bridgehead atoms. The normalized spacial score (nSPS) is 16.3. The predicted octanol–water partition coefficient (Wildman–Crippen LogP) is 6.68. The Balaban J connectivity index is 1.90. The summed E-state index contributed by atoms with van der Waals surface area (Å²) < 4.78 is 5.79. The van der Waals surface area contributed by atoms with Crippen molar-refractivity contribution in [3.05, 3.63) is 77.4 Å². The zero-order valence-electron chi connectivity index (χ0n) is 13.9. The van der Waals surface area contributed by atoms with Crippen LogP contribution >= 0.6 is 0 Å². The molecule has 0 fully saturated rings. The van der Waals surface area contributed by atoms with Crippen LogP contribution in [0.2, 0.25) is 9.26 Å². The second-order valence-electron chi connectivity index (χ2n) is 6.77. The Bertz CT molecular complexity index is 918. The Morgan fingerprint density at radius 3 is 2.39 bits per heavy atom. The van der Waals surface area contributed by atoms with Gasteiger partial charge in [-0.2, -0.15) is 0 Å². The van der Waals surface area contributed by atoms with Crippen LogP contribution in [0.3, 0.4) is 0 Å². The summed E-state index contributed by atoms with van der Waals surface area (Å²) in [6.45, 7) is 2.32. The zero-order chi connectivity index (χ0) is 16.0. The monoisotopic (exact) mass is 375 g/mol. The second kappa shape index (κ2) is 5.88. The van der Waals surface area contributed by atoms with E-state index in [-0.39, 0.29) is 0 Å². The van der Waals surface area contributed by atoms with Gasteiger partial charge in [0.2, 0.25) is 0 Å². The van der Waals surface area contributed by atoms with E-state index in [1.54, 1.807) is 11.1 Å².